The van der Waals surface area contributed by atoms with Gasteiger partial charge >= 0.3 is 5.97 Å². The fourth-order valence-corrected chi connectivity index (χ4v) is 7.09. The van der Waals surface area contributed by atoms with Crippen molar-refractivity contribution in [1.29, 1.82) is 0 Å². The standard InChI is InChI=1S/C24H23Cl2N3O4S3/c1-33-23(30)21-19-5-3-2-4-6-20(19)35-22(21)28-24(34)27-16-7-9-18(10-8-16)36(31,32)29-17-12-14(25)11-15(26)13-17/h7-13,29H,2-6H2,1H3,(H2,27,28,34). The smallest absolute Gasteiger partial charge is 0.341 e. The number of sulfonamides is 1. The fraction of sp³-hybridized carbons (Fsp3) is 0.250. The fourth-order valence-electron chi connectivity index (χ4n) is 3.96. The van der Waals surface area contributed by atoms with Gasteiger partial charge in [0.25, 0.3) is 10.0 Å². The maximum absolute atomic E-state index is 12.8. The van der Waals surface area contributed by atoms with Gasteiger partial charge in [-0.3, -0.25) is 4.72 Å². The minimum Gasteiger partial charge on any atom is -0.465 e. The summed E-state index contributed by atoms with van der Waals surface area (Å²) in [6, 6.07) is 10.5. The van der Waals surface area contributed by atoms with Crippen LogP contribution in [0.5, 0.6) is 0 Å². The van der Waals surface area contributed by atoms with Crippen molar-refractivity contribution in [2.75, 3.05) is 22.5 Å². The number of rotatable bonds is 6. The average Bonchev–Trinajstić information content (AvgIpc) is 2.97. The van der Waals surface area contributed by atoms with Crippen molar-refractivity contribution in [2.45, 2.75) is 37.0 Å². The van der Waals surface area contributed by atoms with E-state index in [4.69, 9.17) is 40.2 Å². The third kappa shape index (κ3) is 6.30. The monoisotopic (exact) mass is 583 g/mol. The molecule has 0 saturated heterocycles. The molecule has 0 atom stereocenters. The first-order valence-corrected chi connectivity index (χ1v) is 14.5. The van der Waals surface area contributed by atoms with Gasteiger partial charge in [-0.05, 0) is 85.9 Å². The SMILES string of the molecule is COC(=O)c1c(NC(=S)Nc2ccc(S(=O)(=O)Nc3cc(Cl)cc(Cl)c3)cc2)sc2c1CCCCC2. The van der Waals surface area contributed by atoms with Crippen LogP contribution < -0.4 is 15.4 Å². The highest BCUT2D eigenvalue weighted by atomic mass is 35.5. The van der Waals surface area contributed by atoms with E-state index in [1.165, 1.54) is 53.7 Å². The summed E-state index contributed by atoms with van der Waals surface area (Å²) >= 11 is 18.9. The largest absolute Gasteiger partial charge is 0.465 e. The molecule has 4 rings (SSSR count). The summed E-state index contributed by atoms with van der Waals surface area (Å²) in [5, 5.41) is 7.72. The van der Waals surface area contributed by atoms with E-state index in [9.17, 15) is 13.2 Å². The van der Waals surface area contributed by atoms with E-state index in [0.717, 1.165) is 37.7 Å². The number of nitrogens with one attached hydrogen (secondary N) is 3. The molecule has 1 aromatic heterocycles. The van der Waals surface area contributed by atoms with Crippen LogP contribution in [0.15, 0.2) is 47.4 Å². The lowest BCUT2D eigenvalue weighted by Gasteiger charge is -2.12. The lowest BCUT2D eigenvalue weighted by molar-refractivity contribution is 0.0601. The second kappa shape index (κ2) is 11.4. The second-order valence-corrected chi connectivity index (χ2v) is 12.2. The molecule has 3 aromatic rings. The minimum absolute atomic E-state index is 0.0537. The Balaban J connectivity index is 1.46. The molecule has 7 nitrogen and oxygen atoms in total. The number of benzene rings is 2. The first-order chi connectivity index (χ1) is 17.2. The highest BCUT2D eigenvalue weighted by Gasteiger charge is 2.26. The van der Waals surface area contributed by atoms with Crippen molar-refractivity contribution in [3.63, 3.8) is 0 Å². The summed E-state index contributed by atoms with van der Waals surface area (Å²) in [5.41, 5.74) is 2.42. The van der Waals surface area contributed by atoms with E-state index >= 15 is 0 Å². The molecule has 0 aliphatic heterocycles. The molecule has 0 fully saturated rings. The Morgan fingerprint density at radius 1 is 0.972 bits per heavy atom. The summed E-state index contributed by atoms with van der Waals surface area (Å²) in [7, 11) is -2.49. The Hall–Kier alpha value is -2.37. The third-order valence-electron chi connectivity index (χ3n) is 5.58. The Morgan fingerprint density at radius 3 is 2.31 bits per heavy atom. The molecule has 0 saturated carbocycles. The molecule has 0 bridgehead atoms. The highest BCUT2D eigenvalue weighted by molar-refractivity contribution is 7.92. The molecule has 0 amide bonds. The molecular weight excluding hydrogens is 561 g/mol. The Morgan fingerprint density at radius 2 is 1.64 bits per heavy atom. The molecule has 3 N–H and O–H groups in total. The summed E-state index contributed by atoms with van der Waals surface area (Å²) in [6.07, 6.45) is 5.02. The van der Waals surface area contributed by atoms with Crippen molar-refractivity contribution < 1.29 is 17.9 Å². The normalized spacial score (nSPS) is 13.3. The minimum atomic E-state index is -3.86. The maximum atomic E-state index is 12.8. The van der Waals surface area contributed by atoms with Gasteiger partial charge in [0.05, 0.1) is 23.3 Å². The summed E-state index contributed by atoms with van der Waals surface area (Å²) in [4.78, 5) is 13.8. The van der Waals surface area contributed by atoms with E-state index < -0.39 is 10.0 Å². The predicted molar refractivity (Wildman–Crippen MR) is 150 cm³/mol. The topological polar surface area (TPSA) is 96.5 Å². The highest BCUT2D eigenvalue weighted by Crippen LogP contribution is 2.38. The van der Waals surface area contributed by atoms with Gasteiger partial charge in [0.2, 0.25) is 0 Å². The molecule has 0 radical (unpaired) electrons. The van der Waals surface area contributed by atoms with Gasteiger partial charge in [0.15, 0.2) is 5.11 Å². The number of anilines is 3. The average molecular weight is 585 g/mol. The Kier molecular flexibility index (Phi) is 8.41. The summed E-state index contributed by atoms with van der Waals surface area (Å²) in [6.45, 7) is 0. The number of thiophene rings is 1. The van der Waals surface area contributed by atoms with Crippen LogP contribution in [0.1, 0.15) is 40.1 Å². The lowest BCUT2D eigenvalue weighted by Crippen LogP contribution is -2.20. The number of aryl methyl sites for hydroxylation is 1. The Labute approximate surface area is 229 Å². The van der Waals surface area contributed by atoms with Crippen molar-refractivity contribution in [1.82, 2.24) is 0 Å². The van der Waals surface area contributed by atoms with Gasteiger partial charge in [-0.1, -0.05) is 29.6 Å². The molecule has 1 aliphatic rings. The van der Waals surface area contributed by atoms with Gasteiger partial charge in [0.1, 0.15) is 5.00 Å². The van der Waals surface area contributed by atoms with Crippen LogP contribution in [-0.2, 0) is 27.6 Å². The van der Waals surface area contributed by atoms with E-state index in [1.807, 2.05) is 0 Å². The van der Waals surface area contributed by atoms with Crippen molar-refractivity contribution in [3.05, 3.63) is 68.5 Å². The van der Waals surface area contributed by atoms with Crippen molar-refractivity contribution in [3.8, 4) is 0 Å². The van der Waals surface area contributed by atoms with Gasteiger partial charge in [-0.2, -0.15) is 0 Å². The number of esters is 1. The van der Waals surface area contributed by atoms with Gasteiger partial charge in [-0.25, -0.2) is 13.2 Å². The zero-order valence-corrected chi connectivity index (χ0v) is 23.2. The quantitative estimate of drug-likeness (QED) is 0.168. The van der Waals surface area contributed by atoms with Crippen LogP contribution in [0, 0.1) is 0 Å². The number of thiocarbonyl (C=S) groups is 1. The van der Waals surface area contributed by atoms with Gasteiger partial charge in [-0.15, -0.1) is 11.3 Å². The maximum Gasteiger partial charge on any atom is 0.341 e. The van der Waals surface area contributed by atoms with Crippen LogP contribution in [0.3, 0.4) is 0 Å². The van der Waals surface area contributed by atoms with Gasteiger partial charge in [0, 0.05) is 20.6 Å². The van der Waals surface area contributed by atoms with E-state index in [-0.39, 0.29) is 21.7 Å². The number of ether oxygens (including phenoxy) is 1. The molecular formula is C24H23Cl2N3O4S3. The number of fused-ring (bicyclic) bond motifs is 1. The first-order valence-electron chi connectivity index (χ1n) is 11.1. The molecule has 36 heavy (non-hydrogen) atoms. The van der Waals surface area contributed by atoms with E-state index in [1.54, 1.807) is 12.1 Å². The third-order valence-corrected chi connectivity index (χ3v) is 8.82. The summed E-state index contributed by atoms with van der Waals surface area (Å²) in [5.74, 6) is -0.386. The molecule has 12 heteroatoms. The van der Waals surface area contributed by atoms with Gasteiger partial charge < -0.3 is 15.4 Å². The first kappa shape index (κ1) is 26.7. The molecule has 1 heterocycles. The van der Waals surface area contributed by atoms with Crippen LogP contribution in [0.25, 0.3) is 0 Å². The molecule has 0 spiro atoms. The second-order valence-electron chi connectivity index (χ2n) is 8.13. The molecule has 190 valence electrons. The molecule has 1 aliphatic carbocycles. The number of carbonyl (C=O) groups excluding carboxylic acids is 1. The number of halogens is 2. The van der Waals surface area contributed by atoms with Crippen LogP contribution >= 0.6 is 46.8 Å². The number of methoxy groups -OCH3 is 1. The zero-order valence-electron chi connectivity index (χ0n) is 19.2. The number of hydrogen-bond acceptors (Lipinski definition) is 6. The molecule has 2 aromatic carbocycles. The van der Waals surface area contributed by atoms with Crippen LogP contribution in [-0.4, -0.2) is 26.6 Å². The zero-order chi connectivity index (χ0) is 25.9. The number of hydrogen-bond donors (Lipinski definition) is 3. The summed E-state index contributed by atoms with van der Waals surface area (Å²) < 4.78 is 33.0. The molecule has 0 unspecified atom stereocenters. The number of carbonyl (C=O) groups is 1. The Bertz CT molecular complexity index is 1390. The van der Waals surface area contributed by atoms with Crippen molar-refractivity contribution in [2.24, 2.45) is 0 Å². The van der Waals surface area contributed by atoms with Crippen LogP contribution in [0.2, 0.25) is 10.0 Å². The van der Waals surface area contributed by atoms with E-state index in [0.29, 0.717) is 26.3 Å². The lowest BCUT2D eigenvalue weighted by atomic mass is 10.1. The van der Waals surface area contributed by atoms with Crippen molar-refractivity contribution >= 4 is 84.2 Å². The predicted octanol–water partition coefficient (Wildman–Crippen LogP) is 6.72. The van der Waals surface area contributed by atoms with Crippen LogP contribution in [0.4, 0.5) is 16.4 Å². The van der Waals surface area contributed by atoms with E-state index in [2.05, 4.69) is 15.4 Å².